The second kappa shape index (κ2) is 7.17. The quantitative estimate of drug-likeness (QED) is 0.758. The normalized spacial score (nSPS) is 15.9. The smallest absolute Gasteiger partial charge is 0.250 e. The molecule has 0 unspecified atom stereocenters. The van der Waals surface area contributed by atoms with Crippen LogP contribution in [0.4, 0.5) is 5.95 Å². The van der Waals surface area contributed by atoms with Crippen molar-refractivity contribution in [1.82, 2.24) is 14.9 Å². The molecule has 1 aliphatic rings. The van der Waals surface area contributed by atoms with E-state index in [4.69, 9.17) is 5.73 Å². The van der Waals surface area contributed by atoms with Crippen LogP contribution in [0.15, 0.2) is 48.5 Å². The number of fused-ring (bicyclic) bond motifs is 1. The van der Waals surface area contributed by atoms with Crippen LogP contribution in [-0.4, -0.2) is 47.0 Å². The van der Waals surface area contributed by atoms with Gasteiger partial charge in [0.2, 0.25) is 5.95 Å². The summed E-state index contributed by atoms with van der Waals surface area (Å²) in [5.41, 5.74) is 8.78. The highest BCUT2D eigenvalue weighted by Gasteiger charge is 2.19. The number of hydrogen-bond acceptors (Lipinski definition) is 4. The van der Waals surface area contributed by atoms with Gasteiger partial charge >= 0.3 is 0 Å². The summed E-state index contributed by atoms with van der Waals surface area (Å²) >= 11 is 0. The summed E-state index contributed by atoms with van der Waals surface area (Å²) in [4.78, 5) is 24.4. The number of aromatic nitrogens is 2. The van der Waals surface area contributed by atoms with Crippen molar-refractivity contribution in [3.05, 3.63) is 59.7 Å². The van der Waals surface area contributed by atoms with E-state index in [-0.39, 0.29) is 0 Å². The lowest BCUT2D eigenvalue weighted by Crippen LogP contribution is -2.31. The third kappa shape index (κ3) is 3.41. The molecule has 0 aliphatic carbocycles. The predicted molar refractivity (Wildman–Crippen MR) is 103 cm³/mol. The Labute approximate surface area is 152 Å². The fourth-order valence-electron chi connectivity index (χ4n) is 3.55. The minimum absolute atomic E-state index is 0.446. The molecule has 2 heterocycles. The maximum Gasteiger partial charge on any atom is 0.250 e. The Morgan fingerprint density at radius 1 is 1.04 bits per heavy atom. The molecule has 6 heteroatoms. The average Bonchev–Trinajstić information content (AvgIpc) is 2.95. The lowest BCUT2D eigenvalue weighted by Gasteiger charge is -2.21. The van der Waals surface area contributed by atoms with Crippen LogP contribution in [-0.2, 0) is 6.54 Å². The van der Waals surface area contributed by atoms with Crippen molar-refractivity contribution in [3.8, 4) is 0 Å². The molecule has 3 aromatic rings. The van der Waals surface area contributed by atoms with Crippen LogP contribution in [0, 0.1) is 0 Å². The van der Waals surface area contributed by atoms with Gasteiger partial charge in [0.25, 0.3) is 5.91 Å². The zero-order chi connectivity index (χ0) is 17.9. The zero-order valence-electron chi connectivity index (χ0n) is 14.7. The Bertz CT molecular complexity index is 905. The summed E-state index contributed by atoms with van der Waals surface area (Å²) in [6, 6.07) is 16.1. The van der Waals surface area contributed by atoms with Gasteiger partial charge < -0.3 is 15.6 Å². The lowest BCUT2D eigenvalue weighted by molar-refractivity contribution is 0.100. The molecule has 3 N–H and O–H groups in total. The van der Waals surface area contributed by atoms with Crippen LogP contribution in [0.1, 0.15) is 22.3 Å². The van der Waals surface area contributed by atoms with Crippen molar-refractivity contribution in [2.45, 2.75) is 13.0 Å². The predicted octanol–water partition coefficient (Wildman–Crippen LogP) is 2.37. The molecular weight excluding hydrogens is 326 g/mol. The number of para-hydroxylation sites is 1. The topological polar surface area (TPSA) is 78.2 Å². The van der Waals surface area contributed by atoms with Gasteiger partial charge in [-0.15, -0.1) is 0 Å². The summed E-state index contributed by atoms with van der Waals surface area (Å²) in [6.07, 6.45) is 1.08. The van der Waals surface area contributed by atoms with Crippen LogP contribution < -0.4 is 10.6 Å². The van der Waals surface area contributed by atoms with Crippen molar-refractivity contribution in [2.75, 3.05) is 31.1 Å². The summed E-state index contributed by atoms with van der Waals surface area (Å²) in [5, 5.41) is 0. The Hall–Kier alpha value is -2.86. The first-order valence-electron chi connectivity index (χ1n) is 9.00. The van der Waals surface area contributed by atoms with Crippen molar-refractivity contribution in [2.24, 2.45) is 5.73 Å². The molecule has 0 spiro atoms. The number of nitrogens with zero attached hydrogens (tertiary/aromatic N) is 3. The Morgan fingerprint density at radius 3 is 2.69 bits per heavy atom. The number of nitrogens with two attached hydrogens (primary N) is 1. The molecule has 1 aliphatic heterocycles. The Morgan fingerprint density at radius 2 is 1.88 bits per heavy atom. The monoisotopic (exact) mass is 349 g/mol. The molecule has 1 fully saturated rings. The number of anilines is 1. The highest BCUT2D eigenvalue weighted by molar-refractivity contribution is 6.04. The summed E-state index contributed by atoms with van der Waals surface area (Å²) in [7, 11) is 0. The first-order valence-corrected chi connectivity index (χ1v) is 9.00. The number of H-pyrrole nitrogens is 1. The number of primary amides is 1. The highest BCUT2D eigenvalue weighted by Crippen LogP contribution is 2.22. The van der Waals surface area contributed by atoms with E-state index < -0.39 is 5.91 Å². The average molecular weight is 349 g/mol. The lowest BCUT2D eigenvalue weighted by atomic mass is 10.2. The molecule has 26 heavy (non-hydrogen) atoms. The molecule has 2 aromatic carbocycles. The number of benzene rings is 2. The summed E-state index contributed by atoms with van der Waals surface area (Å²) in [5.74, 6) is 0.369. The van der Waals surface area contributed by atoms with Gasteiger partial charge in [0, 0.05) is 32.7 Å². The van der Waals surface area contributed by atoms with Gasteiger partial charge in [-0.1, -0.05) is 36.4 Å². The van der Waals surface area contributed by atoms with Gasteiger partial charge in [0.1, 0.15) is 5.52 Å². The Balaban J connectivity index is 1.50. The molecule has 4 rings (SSSR count). The number of imidazole rings is 1. The van der Waals surface area contributed by atoms with Crippen LogP contribution >= 0.6 is 0 Å². The van der Waals surface area contributed by atoms with Gasteiger partial charge in [-0.2, -0.15) is 0 Å². The van der Waals surface area contributed by atoms with Crippen LogP contribution in [0.2, 0.25) is 0 Å². The molecule has 134 valence electrons. The molecule has 0 atom stereocenters. The molecule has 0 radical (unpaired) electrons. The van der Waals surface area contributed by atoms with Crippen molar-refractivity contribution in [1.29, 1.82) is 0 Å². The number of carbonyl (C=O) groups is 1. The third-order valence-electron chi connectivity index (χ3n) is 4.90. The molecular formula is C20H23N5O. The fraction of sp³-hybridized carbons (Fsp3) is 0.300. The summed E-state index contributed by atoms with van der Waals surface area (Å²) in [6.45, 7) is 4.86. The van der Waals surface area contributed by atoms with Crippen molar-refractivity contribution in [3.63, 3.8) is 0 Å². The minimum Gasteiger partial charge on any atom is -0.366 e. The molecule has 0 bridgehead atoms. The maximum absolute atomic E-state index is 11.6. The second-order valence-electron chi connectivity index (χ2n) is 6.73. The second-order valence-corrected chi connectivity index (χ2v) is 6.73. The van der Waals surface area contributed by atoms with E-state index in [1.165, 1.54) is 5.56 Å². The van der Waals surface area contributed by atoms with E-state index in [9.17, 15) is 4.79 Å². The number of nitrogens with one attached hydrogen (secondary N) is 1. The van der Waals surface area contributed by atoms with Crippen LogP contribution in [0.25, 0.3) is 11.0 Å². The fourth-order valence-corrected chi connectivity index (χ4v) is 3.55. The van der Waals surface area contributed by atoms with E-state index in [1.807, 2.05) is 12.1 Å². The van der Waals surface area contributed by atoms with E-state index >= 15 is 0 Å². The number of carbonyl (C=O) groups excluding carboxylic acids is 1. The van der Waals surface area contributed by atoms with Gasteiger partial charge in [0.05, 0.1) is 11.1 Å². The molecule has 1 aromatic heterocycles. The standard InChI is InChI=1S/C20H23N5O/c21-19(26)16-8-4-9-17-18(16)23-20(22-17)25-11-5-10-24(12-13-25)14-15-6-2-1-3-7-15/h1-4,6-9H,5,10-14H2,(H2,21,26)(H,22,23). The first-order chi connectivity index (χ1) is 12.7. The number of amides is 1. The van der Waals surface area contributed by atoms with Gasteiger partial charge in [-0.05, 0) is 24.1 Å². The third-order valence-corrected chi connectivity index (χ3v) is 4.90. The minimum atomic E-state index is -0.446. The Kier molecular flexibility index (Phi) is 4.58. The molecule has 1 amide bonds. The van der Waals surface area contributed by atoms with Crippen molar-refractivity contribution < 1.29 is 4.79 Å². The van der Waals surface area contributed by atoms with E-state index in [2.05, 4.69) is 50.1 Å². The largest absolute Gasteiger partial charge is 0.366 e. The van der Waals surface area contributed by atoms with Crippen molar-refractivity contribution >= 4 is 22.9 Å². The maximum atomic E-state index is 11.6. The van der Waals surface area contributed by atoms with Crippen LogP contribution in [0.5, 0.6) is 0 Å². The number of aromatic amines is 1. The first kappa shape index (κ1) is 16.6. The summed E-state index contributed by atoms with van der Waals surface area (Å²) < 4.78 is 0. The van der Waals surface area contributed by atoms with E-state index in [0.29, 0.717) is 11.1 Å². The molecule has 1 saturated heterocycles. The van der Waals surface area contributed by atoms with E-state index in [1.54, 1.807) is 6.07 Å². The molecule has 0 saturated carbocycles. The van der Waals surface area contributed by atoms with E-state index in [0.717, 1.165) is 50.6 Å². The van der Waals surface area contributed by atoms with Crippen LogP contribution in [0.3, 0.4) is 0 Å². The van der Waals surface area contributed by atoms with Gasteiger partial charge in [0.15, 0.2) is 0 Å². The highest BCUT2D eigenvalue weighted by atomic mass is 16.1. The number of rotatable bonds is 4. The van der Waals surface area contributed by atoms with Gasteiger partial charge in [-0.3, -0.25) is 9.69 Å². The molecule has 6 nitrogen and oxygen atoms in total. The van der Waals surface area contributed by atoms with Gasteiger partial charge in [-0.25, -0.2) is 4.98 Å². The zero-order valence-corrected chi connectivity index (χ0v) is 14.7. The number of hydrogen-bond donors (Lipinski definition) is 2. The SMILES string of the molecule is NC(=O)c1cccc2[nH]c(N3CCCN(Cc4ccccc4)CC3)nc12.